The highest BCUT2D eigenvalue weighted by Gasteiger charge is 2.31. The van der Waals surface area contributed by atoms with Crippen LogP contribution in [0.25, 0.3) is 0 Å². The van der Waals surface area contributed by atoms with Crippen LogP contribution in [0.1, 0.15) is 22.3 Å². The second-order valence-electron chi connectivity index (χ2n) is 5.35. The molecule has 1 heterocycles. The third kappa shape index (κ3) is 5.60. The fraction of sp³-hybridized carbons (Fsp3) is 0.294. The number of anilines is 2. The summed E-state index contributed by atoms with van der Waals surface area (Å²) >= 11 is 5.89. The number of hydrogen-bond donors (Lipinski definition) is 2. The minimum absolute atomic E-state index is 0.0123. The molecule has 0 aliphatic rings. The van der Waals surface area contributed by atoms with Crippen molar-refractivity contribution >= 4 is 29.0 Å². The van der Waals surface area contributed by atoms with Gasteiger partial charge in [-0.3, -0.25) is 4.79 Å². The molecule has 0 radical (unpaired) electrons. The number of carbonyl (C=O) groups excluding carboxylic acids is 1. The zero-order valence-electron chi connectivity index (χ0n) is 13.9. The highest BCUT2D eigenvalue weighted by Crippen LogP contribution is 2.34. The van der Waals surface area contributed by atoms with E-state index in [1.165, 1.54) is 18.3 Å². The van der Waals surface area contributed by atoms with Gasteiger partial charge in [-0.15, -0.1) is 0 Å². The number of alkyl halides is 3. The van der Waals surface area contributed by atoms with Crippen molar-refractivity contribution in [1.82, 2.24) is 4.98 Å². The predicted molar refractivity (Wildman–Crippen MR) is 93.6 cm³/mol. The molecule has 0 atom stereocenters. The monoisotopic (exact) mass is 387 g/mol. The summed E-state index contributed by atoms with van der Waals surface area (Å²) in [7, 11) is 1.60. The smallest absolute Gasteiger partial charge is 0.385 e. The molecule has 140 valence electrons. The summed E-state index contributed by atoms with van der Waals surface area (Å²) in [6, 6.07) is 5.70. The number of methoxy groups -OCH3 is 1. The number of hydrogen-bond acceptors (Lipinski definition) is 4. The fourth-order valence-electron chi connectivity index (χ4n) is 2.09. The third-order valence-electron chi connectivity index (χ3n) is 3.40. The van der Waals surface area contributed by atoms with E-state index in [1.807, 2.05) is 0 Å². The zero-order chi connectivity index (χ0) is 19.2. The Kier molecular flexibility index (Phi) is 6.82. The van der Waals surface area contributed by atoms with Gasteiger partial charge in [0.15, 0.2) is 0 Å². The van der Waals surface area contributed by atoms with Gasteiger partial charge in [0.05, 0.1) is 16.3 Å². The molecule has 0 saturated heterocycles. The molecule has 2 rings (SSSR count). The average molecular weight is 388 g/mol. The van der Waals surface area contributed by atoms with Gasteiger partial charge in [0.1, 0.15) is 5.82 Å². The van der Waals surface area contributed by atoms with Crippen LogP contribution in [0.15, 0.2) is 36.5 Å². The number of ether oxygens (including phenoxy) is 1. The maximum atomic E-state index is 12.8. The Morgan fingerprint density at radius 3 is 2.73 bits per heavy atom. The fourth-order valence-corrected chi connectivity index (χ4v) is 2.26. The number of rotatable bonds is 7. The number of nitrogens with zero attached hydrogens (tertiary/aromatic N) is 1. The van der Waals surface area contributed by atoms with E-state index in [1.54, 1.807) is 7.11 Å². The van der Waals surface area contributed by atoms with Gasteiger partial charge in [0.25, 0.3) is 5.91 Å². The van der Waals surface area contributed by atoms with Gasteiger partial charge in [-0.05, 0) is 36.8 Å². The van der Waals surface area contributed by atoms with Crippen molar-refractivity contribution in [3.05, 3.63) is 52.7 Å². The Morgan fingerprint density at radius 1 is 1.27 bits per heavy atom. The first-order valence-corrected chi connectivity index (χ1v) is 8.06. The summed E-state index contributed by atoms with van der Waals surface area (Å²) in [5.74, 6) is -0.113. The first kappa shape index (κ1) is 20.0. The molecule has 0 unspecified atom stereocenters. The van der Waals surface area contributed by atoms with Crippen molar-refractivity contribution in [3.63, 3.8) is 0 Å². The number of halogens is 4. The Balaban J connectivity index is 2.10. The van der Waals surface area contributed by atoms with E-state index < -0.39 is 17.6 Å². The number of pyridine rings is 1. The van der Waals surface area contributed by atoms with Crippen LogP contribution in [-0.2, 0) is 10.9 Å². The van der Waals surface area contributed by atoms with E-state index in [9.17, 15) is 18.0 Å². The summed E-state index contributed by atoms with van der Waals surface area (Å²) in [6.07, 6.45) is -2.34. The van der Waals surface area contributed by atoms with E-state index in [2.05, 4.69) is 15.6 Å². The molecule has 0 aliphatic heterocycles. The lowest BCUT2D eigenvalue weighted by molar-refractivity contribution is -0.137. The van der Waals surface area contributed by atoms with Gasteiger partial charge in [-0.25, -0.2) is 4.98 Å². The van der Waals surface area contributed by atoms with Crippen LogP contribution in [-0.4, -0.2) is 31.2 Å². The topological polar surface area (TPSA) is 63.2 Å². The predicted octanol–water partition coefficient (Wildman–Crippen LogP) is 4.45. The van der Waals surface area contributed by atoms with Crippen molar-refractivity contribution < 1.29 is 22.7 Å². The van der Waals surface area contributed by atoms with Crippen molar-refractivity contribution in [2.75, 3.05) is 30.9 Å². The quantitative estimate of drug-likeness (QED) is 0.689. The standard InChI is InChI=1S/C17H17ClF3N3O2/c1-26-8-2-6-22-15-9-11(5-7-23-15)16(25)24-14-10-12(17(19,20)21)3-4-13(14)18/h3-5,7,9-10H,2,6,8H2,1H3,(H,22,23)(H,24,25). The molecular weight excluding hydrogens is 371 g/mol. The molecule has 0 bridgehead atoms. The van der Waals surface area contributed by atoms with E-state index in [4.69, 9.17) is 16.3 Å². The lowest BCUT2D eigenvalue weighted by Crippen LogP contribution is -2.14. The molecule has 5 nitrogen and oxygen atoms in total. The molecule has 26 heavy (non-hydrogen) atoms. The molecule has 2 aromatic rings. The maximum absolute atomic E-state index is 12.8. The number of nitrogens with one attached hydrogen (secondary N) is 2. The van der Waals surface area contributed by atoms with Crippen molar-refractivity contribution in [3.8, 4) is 0 Å². The van der Waals surface area contributed by atoms with Crippen molar-refractivity contribution in [2.24, 2.45) is 0 Å². The van der Waals surface area contributed by atoms with Gasteiger partial charge in [0, 0.05) is 32.0 Å². The normalized spacial score (nSPS) is 11.3. The molecule has 1 amide bonds. The average Bonchev–Trinajstić information content (AvgIpc) is 2.60. The first-order chi connectivity index (χ1) is 12.3. The Hall–Kier alpha value is -2.32. The van der Waals surface area contributed by atoms with E-state index in [-0.39, 0.29) is 16.3 Å². The lowest BCUT2D eigenvalue weighted by atomic mass is 10.1. The van der Waals surface area contributed by atoms with Gasteiger partial charge >= 0.3 is 6.18 Å². The Bertz CT molecular complexity index is 769. The molecule has 1 aromatic carbocycles. The van der Waals surface area contributed by atoms with Crippen LogP contribution in [0.5, 0.6) is 0 Å². The minimum Gasteiger partial charge on any atom is -0.385 e. The van der Waals surface area contributed by atoms with Crippen LogP contribution >= 0.6 is 11.6 Å². The van der Waals surface area contributed by atoms with E-state index >= 15 is 0 Å². The largest absolute Gasteiger partial charge is 0.416 e. The second-order valence-corrected chi connectivity index (χ2v) is 5.76. The van der Waals surface area contributed by atoms with Crippen LogP contribution in [0.2, 0.25) is 5.02 Å². The van der Waals surface area contributed by atoms with Gasteiger partial charge in [-0.1, -0.05) is 11.6 Å². The molecular formula is C17H17ClF3N3O2. The molecule has 1 aromatic heterocycles. The molecule has 0 saturated carbocycles. The highest BCUT2D eigenvalue weighted by atomic mass is 35.5. The number of amides is 1. The molecule has 0 spiro atoms. The van der Waals surface area contributed by atoms with Crippen molar-refractivity contribution in [1.29, 1.82) is 0 Å². The molecule has 0 fully saturated rings. The molecule has 9 heteroatoms. The maximum Gasteiger partial charge on any atom is 0.416 e. The van der Waals surface area contributed by atoms with Gasteiger partial charge in [0.2, 0.25) is 0 Å². The summed E-state index contributed by atoms with van der Waals surface area (Å²) in [5.41, 5.74) is -0.770. The Morgan fingerprint density at radius 2 is 2.04 bits per heavy atom. The number of benzene rings is 1. The van der Waals surface area contributed by atoms with Crippen LogP contribution < -0.4 is 10.6 Å². The van der Waals surface area contributed by atoms with E-state index in [0.717, 1.165) is 24.6 Å². The highest BCUT2D eigenvalue weighted by molar-refractivity contribution is 6.34. The minimum atomic E-state index is -4.53. The number of aromatic nitrogens is 1. The summed E-state index contributed by atoms with van der Waals surface area (Å²) in [6.45, 7) is 1.19. The summed E-state index contributed by atoms with van der Waals surface area (Å²) in [5, 5.41) is 5.44. The van der Waals surface area contributed by atoms with Crippen LogP contribution in [0, 0.1) is 0 Å². The first-order valence-electron chi connectivity index (χ1n) is 7.68. The summed E-state index contributed by atoms with van der Waals surface area (Å²) in [4.78, 5) is 16.4. The molecule has 0 aliphatic carbocycles. The van der Waals surface area contributed by atoms with Crippen LogP contribution in [0.3, 0.4) is 0 Å². The third-order valence-corrected chi connectivity index (χ3v) is 3.72. The van der Waals surface area contributed by atoms with Crippen LogP contribution in [0.4, 0.5) is 24.7 Å². The second kappa shape index (κ2) is 8.86. The Labute approximate surface area is 153 Å². The van der Waals surface area contributed by atoms with E-state index in [0.29, 0.717) is 19.0 Å². The van der Waals surface area contributed by atoms with Gasteiger partial charge < -0.3 is 15.4 Å². The zero-order valence-corrected chi connectivity index (χ0v) is 14.6. The molecule has 2 N–H and O–H groups in total. The van der Waals surface area contributed by atoms with Crippen molar-refractivity contribution in [2.45, 2.75) is 12.6 Å². The summed E-state index contributed by atoms with van der Waals surface area (Å²) < 4.78 is 43.4. The SMILES string of the molecule is COCCCNc1cc(C(=O)Nc2cc(C(F)(F)F)ccc2Cl)ccn1. The number of carbonyl (C=O) groups is 1. The van der Waals surface area contributed by atoms with Gasteiger partial charge in [-0.2, -0.15) is 13.2 Å². The lowest BCUT2D eigenvalue weighted by Gasteiger charge is -2.12.